The van der Waals surface area contributed by atoms with Crippen molar-refractivity contribution < 1.29 is 17.6 Å². The Morgan fingerprint density at radius 3 is 2.69 bits per heavy atom. The molecule has 2 N–H and O–H groups in total. The van der Waals surface area contributed by atoms with Crippen LogP contribution in [0.2, 0.25) is 0 Å². The summed E-state index contributed by atoms with van der Waals surface area (Å²) in [5.41, 5.74) is 0.871. The Labute approximate surface area is 192 Å². The minimum Gasteiger partial charge on any atom is -0.313 e. The fourth-order valence-electron chi connectivity index (χ4n) is 4.52. The van der Waals surface area contributed by atoms with Crippen molar-refractivity contribution in [1.29, 1.82) is 0 Å². The highest BCUT2D eigenvalue weighted by Gasteiger charge is 2.43. The number of nitrogens with zero attached hydrogens (tertiary/aromatic N) is 5. The zero-order chi connectivity index (χ0) is 24.5. The number of H-pyrrole nitrogens is 2. The first-order valence-electron chi connectivity index (χ1n) is 10.6. The van der Waals surface area contributed by atoms with Crippen LogP contribution in [0.3, 0.4) is 0 Å². The van der Waals surface area contributed by atoms with Crippen LogP contribution in [-0.4, -0.2) is 40.5 Å². The summed E-state index contributed by atoms with van der Waals surface area (Å²) in [6.07, 6.45) is 1.67. The normalized spacial score (nSPS) is 17.9. The average molecular weight is 485 g/mol. The second-order valence-corrected chi connectivity index (χ2v) is 8.46. The van der Waals surface area contributed by atoms with E-state index in [4.69, 9.17) is 0 Å². The van der Waals surface area contributed by atoms with E-state index in [1.54, 1.807) is 12.3 Å². The van der Waals surface area contributed by atoms with E-state index in [0.717, 1.165) is 4.68 Å². The molecule has 13 heteroatoms. The summed E-state index contributed by atoms with van der Waals surface area (Å²) in [5, 5.41) is 8.43. The lowest BCUT2D eigenvalue weighted by Crippen LogP contribution is -2.23. The molecule has 0 aliphatic heterocycles. The lowest BCUT2D eigenvalue weighted by atomic mass is 10.0. The molecule has 4 aromatic heterocycles. The first kappa shape index (κ1) is 21.3. The predicted molar refractivity (Wildman–Crippen MR) is 116 cm³/mol. The highest BCUT2D eigenvalue weighted by Crippen LogP contribution is 2.56. The van der Waals surface area contributed by atoms with Crippen LogP contribution in [0.4, 0.5) is 17.6 Å². The summed E-state index contributed by atoms with van der Waals surface area (Å²) in [6, 6.07) is 4.29. The van der Waals surface area contributed by atoms with Gasteiger partial charge in [-0.25, -0.2) is 18.7 Å². The number of hydrogen-bond acceptors (Lipinski definition) is 5. The molecular formula is C22H15F4N7O2. The van der Waals surface area contributed by atoms with Gasteiger partial charge < -0.3 is 4.98 Å². The molecule has 1 aliphatic rings. The Morgan fingerprint density at radius 2 is 1.91 bits per heavy atom. The van der Waals surface area contributed by atoms with Gasteiger partial charge in [-0.3, -0.25) is 14.5 Å². The van der Waals surface area contributed by atoms with E-state index in [9.17, 15) is 27.2 Å². The summed E-state index contributed by atoms with van der Waals surface area (Å²) in [4.78, 5) is 32.6. The first-order valence-corrected chi connectivity index (χ1v) is 10.6. The van der Waals surface area contributed by atoms with Crippen molar-refractivity contribution in [1.82, 2.24) is 34.3 Å². The van der Waals surface area contributed by atoms with Crippen LogP contribution in [0.15, 0.2) is 52.6 Å². The summed E-state index contributed by atoms with van der Waals surface area (Å²) >= 11 is 0. The Hall–Kier alpha value is -4.29. The number of aromatic nitrogens is 7. The number of hydrogen-bond donors (Lipinski definition) is 2. The molecule has 0 radical (unpaired) electrons. The van der Waals surface area contributed by atoms with Crippen molar-refractivity contribution in [3.63, 3.8) is 0 Å². The van der Waals surface area contributed by atoms with E-state index in [1.165, 1.54) is 35.2 Å². The number of aromatic amines is 2. The molecule has 4 heterocycles. The maximum atomic E-state index is 15.0. The van der Waals surface area contributed by atoms with Gasteiger partial charge in [0.15, 0.2) is 5.65 Å². The number of halogens is 4. The van der Waals surface area contributed by atoms with Crippen molar-refractivity contribution in [2.24, 2.45) is 0 Å². The van der Waals surface area contributed by atoms with E-state index in [0.29, 0.717) is 17.6 Å². The van der Waals surface area contributed by atoms with Crippen LogP contribution < -0.4 is 11.2 Å². The van der Waals surface area contributed by atoms with Crippen molar-refractivity contribution in [3.8, 4) is 11.3 Å². The molecule has 1 fully saturated rings. The number of nitrogens with one attached hydrogen (secondary N) is 2. The van der Waals surface area contributed by atoms with Gasteiger partial charge >= 0.3 is 11.9 Å². The summed E-state index contributed by atoms with van der Waals surface area (Å²) in [5.74, 6) is -1.03. The van der Waals surface area contributed by atoms with Crippen molar-refractivity contribution in [3.05, 3.63) is 80.8 Å². The fraction of sp³-hybridized carbons (Fsp3) is 0.227. The molecule has 1 saturated carbocycles. The Kier molecular flexibility index (Phi) is 4.47. The average Bonchev–Trinajstić information content (AvgIpc) is 3.26. The minimum atomic E-state index is -4.46. The van der Waals surface area contributed by atoms with Gasteiger partial charge in [-0.1, -0.05) is 0 Å². The van der Waals surface area contributed by atoms with E-state index in [1.807, 2.05) is 0 Å². The van der Waals surface area contributed by atoms with Gasteiger partial charge in [0, 0.05) is 29.5 Å². The van der Waals surface area contributed by atoms with Gasteiger partial charge in [0.05, 0.1) is 23.0 Å². The SMILES string of the molecule is O=c1[nH]cc(-c2cc([C@H]3C[C@@H]3c3cc4c(cnn4CC(F)(F)F)cc3F)c3nccn3n2)c(=O)[nH]1. The lowest BCUT2D eigenvalue weighted by Gasteiger charge is -2.10. The third kappa shape index (κ3) is 3.68. The van der Waals surface area contributed by atoms with Crippen molar-refractivity contribution in [2.75, 3.05) is 0 Å². The second-order valence-electron chi connectivity index (χ2n) is 8.46. The van der Waals surface area contributed by atoms with Crippen LogP contribution in [0.5, 0.6) is 0 Å². The van der Waals surface area contributed by atoms with Gasteiger partial charge in [0.2, 0.25) is 0 Å². The Bertz CT molecular complexity index is 1730. The Morgan fingerprint density at radius 1 is 1.11 bits per heavy atom. The predicted octanol–water partition coefficient (Wildman–Crippen LogP) is 3.10. The molecule has 2 atom stereocenters. The highest BCUT2D eigenvalue weighted by molar-refractivity contribution is 5.80. The van der Waals surface area contributed by atoms with Crippen molar-refractivity contribution in [2.45, 2.75) is 31.0 Å². The van der Waals surface area contributed by atoms with Crippen LogP contribution in [0.1, 0.15) is 29.4 Å². The van der Waals surface area contributed by atoms with E-state index >= 15 is 0 Å². The van der Waals surface area contributed by atoms with E-state index < -0.39 is 29.8 Å². The fourth-order valence-corrected chi connectivity index (χ4v) is 4.52. The molecule has 1 aromatic carbocycles. The summed E-state index contributed by atoms with van der Waals surface area (Å²) in [7, 11) is 0. The second kappa shape index (κ2) is 7.35. The molecule has 6 rings (SSSR count). The quantitative estimate of drug-likeness (QED) is 0.380. The Balaban J connectivity index is 1.42. The maximum Gasteiger partial charge on any atom is 0.408 e. The molecule has 35 heavy (non-hydrogen) atoms. The van der Waals surface area contributed by atoms with Crippen LogP contribution >= 0.6 is 0 Å². The highest BCUT2D eigenvalue weighted by atomic mass is 19.4. The van der Waals surface area contributed by atoms with Gasteiger partial charge in [0.1, 0.15) is 12.4 Å². The molecule has 5 aromatic rings. The molecule has 9 nitrogen and oxygen atoms in total. The number of imidazole rings is 1. The van der Waals surface area contributed by atoms with Crippen LogP contribution in [-0.2, 0) is 6.54 Å². The van der Waals surface area contributed by atoms with Crippen LogP contribution in [0, 0.1) is 5.82 Å². The minimum absolute atomic E-state index is 0.141. The zero-order valence-electron chi connectivity index (χ0n) is 17.7. The topological polar surface area (TPSA) is 114 Å². The third-order valence-electron chi connectivity index (χ3n) is 6.16. The molecule has 0 unspecified atom stereocenters. The first-order chi connectivity index (χ1) is 16.7. The molecule has 0 bridgehead atoms. The van der Waals surface area contributed by atoms with Gasteiger partial charge in [0.25, 0.3) is 5.56 Å². The van der Waals surface area contributed by atoms with Gasteiger partial charge in [-0.05, 0) is 42.0 Å². The third-order valence-corrected chi connectivity index (χ3v) is 6.16. The van der Waals surface area contributed by atoms with E-state index in [2.05, 4.69) is 25.1 Å². The number of rotatable bonds is 4. The van der Waals surface area contributed by atoms with Gasteiger partial charge in [-0.15, -0.1) is 0 Å². The number of fused-ring (bicyclic) bond motifs is 2. The number of benzene rings is 1. The molecule has 0 amide bonds. The smallest absolute Gasteiger partial charge is 0.313 e. The summed E-state index contributed by atoms with van der Waals surface area (Å²) in [6.45, 7) is -1.27. The molecule has 0 saturated heterocycles. The zero-order valence-corrected chi connectivity index (χ0v) is 17.7. The van der Waals surface area contributed by atoms with Crippen molar-refractivity contribution >= 4 is 16.6 Å². The molecule has 0 spiro atoms. The van der Waals surface area contributed by atoms with E-state index in [-0.39, 0.29) is 39.6 Å². The van der Waals surface area contributed by atoms with Gasteiger partial charge in [-0.2, -0.15) is 23.4 Å². The van der Waals surface area contributed by atoms with Crippen LogP contribution in [0.25, 0.3) is 27.8 Å². The summed E-state index contributed by atoms with van der Waals surface area (Å²) < 4.78 is 56.1. The maximum absolute atomic E-state index is 15.0. The standard InChI is InChI=1S/C22H15F4N7O2/c23-16-3-10-7-29-33(9-22(24,25)26)18(10)6-13(16)11-4-12(11)14-5-17(31-32-2-1-27-19(14)32)15-8-28-21(35)30-20(15)34/h1-3,5-8,11-12H,4,9H2,(H2,28,30,34,35)/t11-,12-/m0/s1. The largest absolute Gasteiger partial charge is 0.408 e. The molecular weight excluding hydrogens is 470 g/mol. The lowest BCUT2D eigenvalue weighted by molar-refractivity contribution is -0.141. The molecule has 178 valence electrons. The number of alkyl halides is 3. The monoisotopic (exact) mass is 485 g/mol. The molecule has 1 aliphatic carbocycles.